The van der Waals surface area contributed by atoms with E-state index in [-0.39, 0.29) is 0 Å². The summed E-state index contributed by atoms with van der Waals surface area (Å²) in [6, 6.07) is 105. The third-order valence-electron chi connectivity index (χ3n) is 19.3. The highest BCUT2D eigenvalue weighted by molar-refractivity contribution is 6.14. The molecule has 0 saturated heterocycles. The van der Waals surface area contributed by atoms with Gasteiger partial charge in [-0.1, -0.05) is 152 Å². The molecular formula is C88H52N4O4. The number of nitrogens with zero attached hydrogens (tertiary/aromatic N) is 4. The summed E-state index contributed by atoms with van der Waals surface area (Å²) in [7, 11) is 0. The summed E-state index contributed by atoms with van der Waals surface area (Å²) in [4.78, 5) is 9.24. The topological polar surface area (TPSA) is 88.2 Å². The van der Waals surface area contributed by atoms with Crippen LogP contribution in [-0.4, -0.2) is 19.1 Å². The molecule has 13 aromatic carbocycles. The average Bonchev–Trinajstić information content (AvgIpc) is 1.60. The number of aromatic nitrogens is 4. The van der Waals surface area contributed by atoms with Gasteiger partial charge in [0.1, 0.15) is 50.3 Å². The van der Waals surface area contributed by atoms with Crippen molar-refractivity contribution in [3.8, 4) is 67.0 Å². The average molecular weight is 1230 g/mol. The lowest BCUT2D eigenvalue weighted by molar-refractivity contribution is 0.668. The molecule has 0 aliphatic heterocycles. The molecule has 0 bridgehead atoms. The van der Waals surface area contributed by atoms with E-state index in [0.717, 1.165) is 149 Å². The SMILES string of the molecule is c1cc(-c2cccc(-c3ccc4oc5ccc(-n6c7ccccc7c7cccnc76)cc5c4c3)c2)cc(-c2ccc3oc4ccccc4c3c2)c1.c1ccc(-c2ccc3oc4ccc(-c5ccc6oc7ccc(-n8c9ccccc9c9ccncc98)cc7c6c5)cc4c3c2)cc1. The van der Waals surface area contributed by atoms with E-state index in [9.17, 15) is 0 Å². The van der Waals surface area contributed by atoms with Crippen molar-refractivity contribution in [2.75, 3.05) is 0 Å². The maximum atomic E-state index is 6.35. The molecule has 0 saturated carbocycles. The van der Waals surface area contributed by atoms with E-state index in [4.69, 9.17) is 22.7 Å². The number of benzene rings is 13. The highest BCUT2D eigenvalue weighted by Crippen LogP contribution is 2.42. The van der Waals surface area contributed by atoms with Gasteiger partial charge in [-0.15, -0.1) is 0 Å². The van der Waals surface area contributed by atoms with Crippen molar-refractivity contribution in [1.82, 2.24) is 19.1 Å². The molecule has 0 unspecified atom stereocenters. The van der Waals surface area contributed by atoms with Crippen LogP contribution in [0.15, 0.2) is 334 Å². The van der Waals surface area contributed by atoms with Crippen LogP contribution in [0.2, 0.25) is 0 Å². The summed E-state index contributed by atoms with van der Waals surface area (Å²) in [6.45, 7) is 0. The Bertz CT molecular complexity index is 6630. The molecule has 0 fully saturated rings. The van der Waals surface area contributed by atoms with Crippen molar-refractivity contribution in [2.24, 2.45) is 0 Å². The Morgan fingerprint density at radius 1 is 0.208 bits per heavy atom. The highest BCUT2D eigenvalue weighted by Gasteiger charge is 2.20. The molecule has 8 nitrogen and oxygen atoms in total. The molecule has 8 heteroatoms. The summed E-state index contributed by atoms with van der Waals surface area (Å²) in [5.41, 5.74) is 25.2. The van der Waals surface area contributed by atoms with Crippen molar-refractivity contribution >= 4 is 131 Å². The molecule has 0 amide bonds. The van der Waals surface area contributed by atoms with Crippen molar-refractivity contribution < 1.29 is 17.7 Å². The van der Waals surface area contributed by atoms with E-state index in [0.29, 0.717) is 0 Å². The number of fused-ring (bicyclic) bond motifs is 18. The van der Waals surface area contributed by atoms with Gasteiger partial charge in [0.15, 0.2) is 0 Å². The summed E-state index contributed by atoms with van der Waals surface area (Å²) in [5, 5.41) is 13.6. The Morgan fingerprint density at radius 3 is 1.08 bits per heavy atom. The minimum atomic E-state index is 0.867. The molecule has 21 aromatic rings. The van der Waals surface area contributed by atoms with Crippen molar-refractivity contribution in [3.05, 3.63) is 316 Å². The zero-order chi connectivity index (χ0) is 63.0. The smallest absolute Gasteiger partial charge is 0.145 e. The lowest BCUT2D eigenvalue weighted by atomic mass is 9.95. The van der Waals surface area contributed by atoms with Crippen LogP contribution < -0.4 is 0 Å². The standard InChI is InChI=1S/C47H28N2O2.C41H24N2O2/c1-3-15-42-36(12-1)38-14-7-23-48-47(38)49(42)35-19-22-46-41(28-35)40-27-34(18-21-45(40)51-46)32-11-6-9-30(25-32)29-8-5-10-31(24-29)33-17-20-44-39(26-33)37-13-2-4-16-43(37)50-44;1-2-6-25(7-3-1)26-10-14-38-32(20-26)33-21-27(11-15-39(33)44-38)28-12-16-40-34(22-28)35-23-29(13-17-41(35)45-40)43-36-9-5-4-8-30(36)31-18-19-42-24-37(31)43/h1-28H;1-24H. The second kappa shape index (κ2) is 21.3. The van der Waals surface area contributed by atoms with Gasteiger partial charge in [0.2, 0.25) is 0 Å². The normalized spacial score (nSPS) is 12.0. The Balaban J connectivity index is 0.000000132. The molecule has 21 rings (SSSR count). The van der Waals surface area contributed by atoms with Gasteiger partial charge in [-0.2, -0.15) is 0 Å². The van der Waals surface area contributed by atoms with Gasteiger partial charge < -0.3 is 22.2 Å². The predicted molar refractivity (Wildman–Crippen MR) is 393 cm³/mol. The molecule has 0 atom stereocenters. The molecule has 0 aliphatic carbocycles. The van der Waals surface area contributed by atoms with Crippen LogP contribution in [0.4, 0.5) is 0 Å². The van der Waals surface area contributed by atoms with Gasteiger partial charge in [0, 0.05) is 88.4 Å². The molecule has 0 N–H and O–H groups in total. The van der Waals surface area contributed by atoms with Gasteiger partial charge in [0.25, 0.3) is 0 Å². The fraction of sp³-hybridized carbons (Fsp3) is 0. The van der Waals surface area contributed by atoms with Crippen LogP contribution >= 0.6 is 0 Å². The number of para-hydroxylation sites is 3. The number of furan rings is 4. The van der Waals surface area contributed by atoms with Gasteiger partial charge in [-0.05, 0) is 201 Å². The highest BCUT2D eigenvalue weighted by atomic mass is 16.3. The Morgan fingerprint density at radius 2 is 0.562 bits per heavy atom. The Kier molecular flexibility index (Phi) is 11.9. The number of hydrogen-bond donors (Lipinski definition) is 0. The Labute approximate surface area is 548 Å². The van der Waals surface area contributed by atoms with Crippen LogP contribution in [0.3, 0.4) is 0 Å². The molecular weight excluding hydrogens is 1180 g/mol. The fourth-order valence-electron chi connectivity index (χ4n) is 14.8. The zero-order valence-corrected chi connectivity index (χ0v) is 51.4. The third kappa shape index (κ3) is 8.63. The second-order valence-electron chi connectivity index (χ2n) is 24.8. The molecule has 96 heavy (non-hydrogen) atoms. The first-order valence-corrected chi connectivity index (χ1v) is 32.3. The van der Waals surface area contributed by atoms with E-state index < -0.39 is 0 Å². The molecule has 448 valence electrons. The van der Waals surface area contributed by atoms with E-state index in [1.807, 2.05) is 42.9 Å². The first kappa shape index (κ1) is 53.6. The summed E-state index contributed by atoms with van der Waals surface area (Å²) < 4.78 is 29.5. The molecule has 8 heterocycles. The van der Waals surface area contributed by atoms with E-state index in [2.05, 4.69) is 287 Å². The Hall–Kier alpha value is -13.0. The predicted octanol–water partition coefficient (Wildman–Crippen LogP) is 24.3. The maximum Gasteiger partial charge on any atom is 0.145 e. The minimum Gasteiger partial charge on any atom is -0.456 e. The first-order valence-electron chi connectivity index (χ1n) is 32.3. The number of pyridine rings is 2. The van der Waals surface area contributed by atoms with Gasteiger partial charge in [-0.25, -0.2) is 4.98 Å². The van der Waals surface area contributed by atoms with E-state index in [1.54, 1.807) is 0 Å². The number of hydrogen-bond acceptors (Lipinski definition) is 6. The van der Waals surface area contributed by atoms with Crippen LogP contribution in [0.25, 0.3) is 199 Å². The van der Waals surface area contributed by atoms with Crippen molar-refractivity contribution in [3.63, 3.8) is 0 Å². The van der Waals surface area contributed by atoms with Crippen LogP contribution in [0, 0.1) is 0 Å². The molecule has 0 radical (unpaired) electrons. The van der Waals surface area contributed by atoms with Gasteiger partial charge >= 0.3 is 0 Å². The monoisotopic (exact) mass is 1230 g/mol. The summed E-state index contributed by atoms with van der Waals surface area (Å²) in [6.07, 6.45) is 5.67. The van der Waals surface area contributed by atoms with Crippen molar-refractivity contribution in [2.45, 2.75) is 0 Å². The summed E-state index contributed by atoms with van der Waals surface area (Å²) >= 11 is 0. The van der Waals surface area contributed by atoms with Gasteiger partial charge in [-0.3, -0.25) is 9.55 Å². The van der Waals surface area contributed by atoms with Crippen molar-refractivity contribution in [1.29, 1.82) is 0 Å². The van der Waals surface area contributed by atoms with Crippen LogP contribution in [0.5, 0.6) is 0 Å². The van der Waals surface area contributed by atoms with Crippen LogP contribution in [0.1, 0.15) is 0 Å². The molecule has 0 aliphatic rings. The molecule has 0 spiro atoms. The summed E-state index contributed by atoms with van der Waals surface area (Å²) in [5.74, 6) is 0. The van der Waals surface area contributed by atoms with Crippen LogP contribution in [-0.2, 0) is 0 Å². The van der Waals surface area contributed by atoms with E-state index >= 15 is 0 Å². The second-order valence-corrected chi connectivity index (χ2v) is 24.8. The lowest BCUT2D eigenvalue weighted by Gasteiger charge is -2.09. The molecule has 8 aromatic heterocycles. The maximum absolute atomic E-state index is 6.35. The fourth-order valence-corrected chi connectivity index (χ4v) is 14.8. The van der Waals surface area contributed by atoms with Gasteiger partial charge in [0.05, 0.1) is 22.7 Å². The zero-order valence-electron chi connectivity index (χ0n) is 51.4. The number of rotatable bonds is 7. The lowest BCUT2D eigenvalue weighted by Crippen LogP contribution is -1.94. The minimum absolute atomic E-state index is 0.867. The first-order chi connectivity index (χ1) is 47.5. The van der Waals surface area contributed by atoms with E-state index in [1.165, 1.54) is 49.5 Å². The largest absolute Gasteiger partial charge is 0.456 e. The third-order valence-corrected chi connectivity index (χ3v) is 19.3. The quantitative estimate of drug-likeness (QED) is 0.158.